The number of aliphatic hydroxyl groups is 2. The first-order chi connectivity index (χ1) is 39.4. The Morgan fingerprint density at radius 1 is 0.707 bits per heavy atom. The molecule has 24 nitrogen and oxygen atoms in total. The fourth-order valence-electron chi connectivity index (χ4n) is 8.26. The maximum Gasteiger partial charge on any atom is 0.306 e. The molecule has 426 valence electrons. The van der Waals surface area contributed by atoms with E-state index in [9.17, 15) is 43.8 Å². The summed E-state index contributed by atoms with van der Waals surface area (Å²) in [7, 11) is 2.92. The molecule has 7 aromatic heterocycles. The molecule has 1 aliphatic heterocycles. The zero-order valence-electron chi connectivity index (χ0n) is 44.0. The van der Waals surface area contributed by atoms with Crippen LogP contribution in [-0.4, -0.2) is 125 Å². The molecular formula is C52H51N13O11S6. The molecule has 0 saturated carbocycles. The van der Waals surface area contributed by atoms with Crippen molar-refractivity contribution in [3.63, 3.8) is 0 Å². The minimum Gasteiger partial charge on any atom is -0.481 e. The van der Waals surface area contributed by atoms with Crippen LogP contribution in [0.2, 0.25) is 0 Å². The number of carboxylic acids is 1. The van der Waals surface area contributed by atoms with Crippen molar-refractivity contribution in [2.24, 2.45) is 5.92 Å². The van der Waals surface area contributed by atoms with Gasteiger partial charge in [0, 0.05) is 52.7 Å². The third-order valence-electron chi connectivity index (χ3n) is 12.4. The predicted octanol–water partition coefficient (Wildman–Crippen LogP) is 5.88. The van der Waals surface area contributed by atoms with Crippen LogP contribution in [-0.2, 0) is 25.7 Å². The molecule has 8 aromatic rings. The number of carbonyl (C=O) groups is 7. The number of aliphatic hydroxyl groups excluding tert-OH is 2. The van der Waals surface area contributed by atoms with Gasteiger partial charge in [0.1, 0.15) is 82.0 Å². The van der Waals surface area contributed by atoms with Crippen molar-refractivity contribution >= 4 is 109 Å². The van der Waals surface area contributed by atoms with Crippen LogP contribution < -0.4 is 31.9 Å². The number of fused-ring (bicyclic) bond motifs is 14. The van der Waals surface area contributed by atoms with Crippen LogP contribution in [0.5, 0.6) is 0 Å². The van der Waals surface area contributed by atoms with Crippen LogP contribution in [0, 0.1) is 12.8 Å². The van der Waals surface area contributed by atoms with Gasteiger partial charge in [0.25, 0.3) is 23.6 Å². The molecule has 5 atom stereocenters. The maximum atomic E-state index is 14.3. The molecule has 6 amide bonds. The third kappa shape index (κ3) is 13.6. The first-order valence-electron chi connectivity index (χ1n) is 25.0. The highest BCUT2D eigenvalue weighted by atomic mass is 32.1. The Hall–Kier alpha value is -7.68. The second-order valence-corrected chi connectivity index (χ2v) is 24.4. The number of thiazole rings is 6. The standard InChI is InChI=1S/C52H51N13O11S6/c1-22(2)37-52-65-40(33(82-52)17-76-5)45(74)55-16-35(68)62-41(42(71)24-9-7-6-8-10-24)51-61-32(21-80-51)49-58-29(18-78-49)39-26(11-12-27(56-39)48-60-30(19-79-48)43(72)54-15-25(66)13-36(69)70)47-59-31(20-77-47)44(73)57-28(14-34(67)53-4)50-64-38(23(3)81-50)46(75)63-37/h6-12,18-22,25,28,37,41-42,66,71H,13-17H2,1-5H3,(H,53,67)(H,54,72)(H,55,74)(H,57,73)(H,62,68)(H,63,75)(H,69,70)/t25-,28?,37?,41?,42?/m0/s1. The van der Waals surface area contributed by atoms with E-state index in [1.165, 1.54) is 30.9 Å². The average molecular weight is 1230 g/mol. The Bertz CT molecular complexity index is 3680. The quantitative estimate of drug-likeness (QED) is 0.0651. The molecule has 0 saturated heterocycles. The number of ether oxygens (including phenoxy) is 1. The first kappa shape index (κ1) is 59.0. The Morgan fingerprint density at radius 3 is 2.16 bits per heavy atom. The van der Waals surface area contributed by atoms with Crippen molar-refractivity contribution in [2.45, 2.75) is 70.6 Å². The average Bonchev–Trinajstić information content (AvgIpc) is 4.46. The number of carbonyl (C=O) groups excluding carboxylic acids is 6. The van der Waals surface area contributed by atoms with E-state index in [1.54, 1.807) is 65.5 Å². The number of hydrogen-bond acceptors (Lipinski definition) is 23. The van der Waals surface area contributed by atoms with E-state index in [2.05, 4.69) is 46.9 Å². The minimum absolute atomic E-state index is 0.000765. The van der Waals surface area contributed by atoms with Gasteiger partial charge in [-0.2, -0.15) is 0 Å². The predicted molar refractivity (Wildman–Crippen MR) is 307 cm³/mol. The second-order valence-electron chi connectivity index (χ2n) is 18.6. The lowest BCUT2D eigenvalue weighted by molar-refractivity contribution is -0.139. The van der Waals surface area contributed by atoms with Crippen LogP contribution in [0.25, 0.3) is 43.4 Å². The van der Waals surface area contributed by atoms with Gasteiger partial charge in [-0.3, -0.25) is 33.6 Å². The lowest BCUT2D eigenvalue weighted by Gasteiger charge is -2.23. The molecule has 82 heavy (non-hydrogen) atoms. The van der Waals surface area contributed by atoms with Crippen molar-refractivity contribution < 1.29 is 53.6 Å². The topological polar surface area (TPSA) is 352 Å². The molecule has 0 radical (unpaired) electrons. The first-order valence-corrected chi connectivity index (χ1v) is 30.1. The summed E-state index contributed by atoms with van der Waals surface area (Å²) >= 11 is 6.92. The van der Waals surface area contributed by atoms with E-state index in [4.69, 9.17) is 29.8 Å². The van der Waals surface area contributed by atoms with E-state index >= 15 is 0 Å². The third-order valence-corrected chi connectivity index (χ3v) is 18.1. The van der Waals surface area contributed by atoms with Crippen LogP contribution in [0.3, 0.4) is 0 Å². The van der Waals surface area contributed by atoms with Gasteiger partial charge in [-0.1, -0.05) is 44.2 Å². The molecule has 0 fully saturated rings. The molecule has 0 spiro atoms. The van der Waals surface area contributed by atoms with Crippen molar-refractivity contribution in [3.8, 4) is 43.4 Å². The SMILES string of the molecule is CNC(=O)CC1NC(=O)c2csc(n2)-c2ccc(-c3nc(C(=O)NC[C@@H](O)CC(=O)O)cs3)nc2-c2csc(n2)-c2csc(n2)C(C(O)c2ccccc2)NC(=O)CNC(=O)c2nc(sc2COC)C(C(C)C)NC(=O)c2nc1sc2C. The van der Waals surface area contributed by atoms with Crippen molar-refractivity contribution in [2.75, 3.05) is 27.2 Å². The lowest BCUT2D eigenvalue weighted by Crippen LogP contribution is -2.40. The normalized spacial score (nSPS) is 16.8. The largest absolute Gasteiger partial charge is 0.481 e. The molecule has 10 bridgehead atoms. The number of carboxylic acid groups (broad SMARTS) is 1. The van der Waals surface area contributed by atoms with E-state index in [1.807, 2.05) is 13.8 Å². The van der Waals surface area contributed by atoms with Gasteiger partial charge in [-0.15, -0.1) is 68.0 Å². The Balaban J connectivity index is 1.12. The summed E-state index contributed by atoms with van der Waals surface area (Å²) < 4.78 is 5.44. The number of aryl methyl sites for hydroxylation is 1. The Morgan fingerprint density at radius 2 is 1.41 bits per heavy atom. The van der Waals surface area contributed by atoms with E-state index in [0.29, 0.717) is 68.7 Å². The van der Waals surface area contributed by atoms with Gasteiger partial charge in [0.15, 0.2) is 0 Å². The van der Waals surface area contributed by atoms with Gasteiger partial charge < -0.3 is 52.0 Å². The number of aliphatic carboxylic acids is 1. The monoisotopic (exact) mass is 1230 g/mol. The van der Waals surface area contributed by atoms with Gasteiger partial charge in [0.2, 0.25) is 11.8 Å². The summed E-state index contributed by atoms with van der Waals surface area (Å²) in [5.41, 5.74) is 2.34. The summed E-state index contributed by atoms with van der Waals surface area (Å²) in [6, 6.07) is 9.23. The van der Waals surface area contributed by atoms with Crippen molar-refractivity contribution in [1.82, 2.24) is 66.8 Å². The minimum atomic E-state index is -1.32. The number of methoxy groups -OCH3 is 1. The van der Waals surface area contributed by atoms with E-state index in [-0.39, 0.29) is 53.3 Å². The molecule has 4 unspecified atom stereocenters. The fraction of sp³-hybridized carbons (Fsp3) is 0.308. The number of benzene rings is 1. The highest BCUT2D eigenvalue weighted by Gasteiger charge is 2.33. The molecule has 9 rings (SSSR count). The lowest BCUT2D eigenvalue weighted by atomic mass is 10.0. The number of nitrogens with zero attached hydrogens (tertiary/aromatic N) is 7. The molecular weight excluding hydrogens is 1180 g/mol. The molecule has 1 aromatic carbocycles. The fourth-order valence-corrected chi connectivity index (χ4v) is 13.8. The number of hydrogen-bond donors (Lipinski definition) is 9. The van der Waals surface area contributed by atoms with E-state index < -0.39 is 84.7 Å². The zero-order valence-corrected chi connectivity index (χ0v) is 48.9. The number of nitrogens with one attached hydrogen (secondary N) is 6. The summed E-state index contributed by atoms with van der Waals surface area (Å²) in [4.78, 5) is 128. The summed E-state index contributed by atoms with van der Waals surface area (Å²) in [5.74, 6) is -5.10. The van der Waals surface area contributed by atoms with Crippen molar-refractivity contribution in [3.05, 3.63) is 117 Å². The Kier molecular flexibility index (Phi) is 18.7. The van der Waals surface area contributed by atoms with Gasteiger partial charge in [-0.25, -0.2) is 34.9 Å². The maximum absolute atomic E-state index is 14.3. The van der Waals surface area contributed by atoms with Crippen LogP contribution in [0.1, 0.15) is 123 Å². The summed E-state index contributed by atoms with van der Waals surface area (Å²) in [6.07, 6.45) is -3.41. The molecule has 1 aliphatic rings. The van der Waals surface area contributed by atoms with Crippen LogP contribution in [0.4, 0.5) is 0 Å². The summed E-state index contributed by atoms with van der Waals surface area (Å²) in [5, 5.41) is 56.0. The van der Waals surface area contributed by atoms with Crippen molar-refractivity contribution in [1.29, 1.82) is 0 Å². The van der Waals surface area contributed by atoms with Crippen LogP contribution in [0.15, 0.2) is 64.0 Å². The number of aromatic nitrogens is 7. The smallest absolute Gasteiger partial charge is 0.306 e. The Labute approximate surface area is 491 Å². The highest BCUT2D eigenvalue weighted by Crippen LogP contribution is 2.40. The van der Waals surface area contributed by atoms with E-state index in [0.717, 1.165) is 56.7 Å². The number of amides is 6. The van der Waals surface area contributed by atoms with Gasteiger partial charge in [0.05, 0.1) is 54.8 Å². The molecule has 8 heterocycles. The molecule has 0 aliphatic carbocycles. The highest BCUT2D eigenvalue weighted by molar-refractivity contribution is 7.15. The number of pyridine rings is 1. The zero-order chi connectivity index (χ0) is 58.4. The van der Waals surface area contributed by atoms with Crippen LogP contribution >= 0.6 is 68.0 Å². The summed E-state index contributed by atoms with van der Waals surface area (Å²) in [6.45, 7) is 4.58. The van der Waals surface area contributed by atoms with Gasteiger partial charge >= 0.3 is 5.97 Å². The number of rotatable bonds is 13. The molecule has 30 heteroatoms. The second kappa shape index (κ2) is 26.1. The molecule has 9 N–H and O–H groups in total. The van der Waals surface area contributed by atoms with Gasteiger partial charge in [-0.05, 0) is 30.5 Å².